The van der Waals surface area contributed by atoms with Gasteiger partial charge in [0.1, 0.15) is 5.75 Å². The third kappa shape index (κ3) is 3.09. The van der Waals surface area contributed by atoms with Crippen molar-refractivity contribution in [2.75, 3.05) is 12.4 Å². The van der Waals surface area contributed by atoms with Crippen LogP contribution >= 0.6 is 38.9 Å². The zero-order chi connectivity index (χ0) is 15.7. The molecule has 0 aliphatic heterocycles. The molecule has 1 aromatic heterocycles. The normalized spacial score (nSPS) is 10.7. The van der Waals surface area contributed by atoms with Gasteiger partial charge in [-0.15, -0.1) is 0 Å². The van der Waals surface area contributed by atoms with Crippen LogP contribution in [0.5, 0.6) is 5.75 Å². The van der Waals surface area contributed by atoms with Gasteiger partial charge >= 0.3 is 0 Å². The summed E-state index contributed by atoms with van der Waals surface area (Å²) >= 11 is 10.8. The number of methoxy groups -OCH3 is 1. The standard InChI is InChI=1S/C15H10BrClN2O2S/c1-21-12-7-13-11(6-10(12)17)18-15(22-13)19-14(20)8-3-2-4-9(16)5-8/h2-7H,1H3,(H,18,19,20). The number of nitrogens with one attached hydrogen (secondary N) is 1. The highest BCUT2D eigenvalue weighted by Crippen LogP contribution is 2.34. The van der Waals surface area contributed by atoms with Crippen molar-refractivity contribution in [3.63, 3.8) is 0 Å². The zero-order valence-electron chi connectivity index (χ0n) is 11.4. The van der Waals surface area contributed by atoms with E-state index in [-0.39, 0.29) is 5.91 Å². The molecule has 1 amide bonds. The third-order valence-corrected chi connectivity index (χ3v) is 4.69. The summed E-state index contributed by atoms with van der Waals surface area (Å²) in [5.41, 5.74) is 1.28. The second-order valence-corrected chi connectivity index (χ2v) is 6.79. The van der Waals surface area contributed by atoms with Gasteiger partial charge in [-0.3, -0.25) is 10.1 Å². The molecule has 0 spiro atoms. The number of rotatable bonds is 3. The zero-order valence-corrected chi connectivity index (χ0v) is 14.6. The topological polar surface area (TPSA) is 51.2 Å². The van der Waals surface area contributed by atoms with Crippen molar-refractivity contribution in [2.45, 2.75) is 0 Å². The first kappa shape index (κ1) is 15.3. The van der Waals surface area contributed by atoms with E-state index in [1.165, 1.54) is 11.3 Å². The molecule has 2 aromatic carbocycles. The fourth-order valence-electron chi connectivity index (χ4n) is 1.94. The summed E-state index contributed by atoms with van der Waals surface area (Å²) in [5.74, 6) is 0.376. The molecular formula is C15H10BrClN2O2S. The molecule has 0 atom stereocenters. The minimum atomic E-state index is -0.210. The van der Waals surface area contributed by atoms with Crippen LogP contribution in [0.2, 0.25) is 5.02 Å². The summed E-state index contributed by atoms with van der Waals surface area (Å²) in [7, 11) is 1.56. The summed E-state index contributed by atoms with van der Waals surface area (Å²) < 4.78 is 6.92. The summed E-state index contributed by atoms with van der Waals surface area (Å²) in [6, 6.07) is 10.7. The van der Waals surface area contributed by atoms with E-state index in [1.807, 2.05) is 18.2 Å². The van der Waals surface area contributed by atoms with Gasteiger partial charge < -0.3 is 4.74 Å². The second kappa shape index (κ2) is 6.24. The van der Waals surface area contributed by atoms with Crippen LogP contribution in [-0.4, -0.2) is 18.0 Å². The predicted molar refractivity (Wildman–Crippen MR) is 93.3 cm³/mol. The molecule has 4 nitrogen and oxygen atoms in total. The van der Waals surface area contributed by atoms with Crippen molar-refractivity contribution in [3.8, 4) is 5.75 Å². The van der Waals surface area contributed by atoms with E-state index in [4.69, 9.17) is 16.3 Å². The summed E-state index contributed by atoms with van der Waals surface area (Å²) in [6.45, 7) is 0. The van der Waals surface area contributed by atoms with Crippen LogP contribution in [0.3, 0.4) is 0 Å². The molecule has 0 fully saturated rings. The quantitative estimate of drug-likeness (QED) is 0.678. The summed E-state index contributed by atoms with van der Waals surface area (Å²) in [6.07, 6.45) is 0. The van der Waals surface area contributed by atoms with Gasteiger partial charge in [0.2, 0.25) is 0 Å². The van der Waals surface area contributed by atoms with Crippen LogP contribution in [0.1, 0.15) is 10.4 Å². The minimum absolute atomic E-state index is 0.210. The Balaban J connectivity index is 1.89. The SMILES string of the molecule is COc1cc2sc(NC(=O)c3cccc(Br)c3)nc2cc1Cl. The first-order valence-corrected chi connectivity index (χ1v) is 8.26. The fourth-order valence-corrected chi connectivity index (χ4v) is 3.44. The molecule has 0 aliphatic carbocycles. The van der Waals surface area contributed by atoms with Gasteiger partial charge in [0.25, 0.3) is 5.91 Å². The maximum absolute atomic E-state index is 12.2. The van der Waals surface area contributed by atoms with Gasteiger partial charge in [0, 0.05) is 16.1 Å². The Morgan fingerprint density at radius 3 is 2.91 bits per heavy atom. The van der Waals surface area contributed by atoms with E-state index in [2.05, 4.69) is 26.2 Å². The van der Waals surface area contributed by atoms with E-state index < -0.39 is 0 Å². The summed E-state index contributed by atoms with van der Waals surface area (Å²) in [5, 5.41) is 3.80. The van der Waals surface area contributed by atoms with E-state index in [0.717, 1.165) is 14.7 Å². The number of anilines is 1. The number of nitrogens with zero attached hydrogens (tertiary/aromatic N) is 1. The lowest BCUT2D eigenvalue weighted by atomic mass is 10.2. The highest BCUT2D eigenvalue weighted by atomic mass is 79.9. The predicted octanol–water partition coefficient (Wildman–Crippen LogP) is 4.97. The smallest absolute Gasteiger partial charge is 0.257 e. The second-order valence-electron chi connectivity index (χ2n) is 4.44. The number of hydrogen-bond donors (Lipinski definition) is 1. The molecule has 0 bridgehead atoms. The van der Waals surface area contributed by atoms with Gasteiger partial charge in [0.15, 0.2) is 5.13 Å². The molecule has 112 valence electrons. The Labute approximate surface area is 144 Å². The van der Waals surface area contributed by atoms with Gasteiger partial charge in [-0.05, 0) is 24.3 Å². The third-order valence-electron chi connectivity index (χ3n) is 2.97. The average Bonchev–Trinajstić information content (AvgIpc) is 2.87. The van der Waals surface area contributed by atoms with Gasteiger partial charge in [0.05, 0.1) is 22.3 Å². The first-order valence-electron chi connectivity index (χ1n) is 6.28. The Morgan fingerprint density at radius 1 is 1.36 bits per heavy atom. The largest absolute Gasteiger partial charge is 0.495 e. The molecule has 7 heteroatoms. The summed E-state index contributed by atoms with van der Waals surface area (Å²) in [4.78, 5) is 16.6. The number of benzene rings is 2. The number of hydrogen-bond acceptors (Lipinski definition) is 4. The molecule has 0 radical (unpaired) electrons. The number of thiazole rings is 1. The van der Waals surface area contributed by atoms with Crippen LogP contribution < -0.4 is 10.1 Å². The van der Waals surface area contributed by atoms with Gasteiger partial charge in [-0.1, -0.05) is 44.9 Å². The van der Waals surface area contributed by atoms with Crippen molar-refractivity contribution < 1.29 is 9.53 Å². The molecule has 0 aliphatic rings. The molecule has 1 heterocycles. The molecule has 0 saturated carbocycles. The van der Waals surface area contributed by atoms with E-state index in [9.17, 15) is 4.79 Å². The van der Waals surface area contributed by atoms with Crippen LogP contribution in [0.4, 0.5) is 5.13 Å². The number of halogens is 2. The lowest BCUT2D eigenvalue weighted by molar-refractivity contribution is 0.102. The van der Waals surface area contributed by atoms with E-state index >= 15 is 0 Å². The number of carbonyl (C=O) groups excluding carboxylic acids is 1. The Morgan fingerprint density at radius 2 is 2.18 bits per heavy atom. The van der Waals surface area contributed by atoms with E-state index in [0.29, 0.717) is 21.5 Å². The van der Waals surface area contributed by atoms with Crippen LogP contribution in [0, 0.1) is 0 Å². The number of amides is 1. The number of ether oxygens (including phenoxy) is 1. The Kier molecular flexibility index (Phi) is 4.33. The molecular weight excluding hydrogens is 388 g/mol. The number of carbonyl (C=O) groups is 1. The van der Waals surface area contributed by atoms with Crippen molar-refractivity contribution in [1.29, 1.82) is 0 Å². The maximum Gasteiger partial charge on any atom is 0.257 e. The van der Waals surface area contributed by atoms with Crippen molar-refractivity contribution in [2.24, 2.45) is 0 Å². The molecule has 3 aromatic rings. The highest BCUT2D eigenvalue weighted by Gasteiger charge is 2.12. The molecule has 3 rings (SSSR count). The lowest BCUT2D eigenvalue weighted by Crippen LogP contribution is -2.11. The van der Waals surface area contributed by atoms with Crippen LogP contribution in [0.25, 0.3) is 10.2 Å². The Hall–Kier alpha value is -1.63. The molecule has 0 saturated heterocycles. The van der Waals surface area contributed by atoms with E-state index in [1.54, 1.807) is 25.3 Å². The van der Waals surface area contributed by atoms with Crippen molar-refractivity contribution in [1.82, 2.24) is 4.98 Å². The first-order chi connectivity index (χ1) is 10.6. The monoisotopic (exact) mass is 396 g/mol. The van der Waals surface area contributed by atoms with Crippen LogP contribution in [0.15, 0.2) is 40.9 Å². The van der Waals surface area contributed by atoms with Gasteiger partial charge in [-0.25, -0.2) is 4.98 Å². The van der Waals surface area contributed by atoms with Crippen molar-refractivity contribution >= 4 is 60.1 Å². The van der Waals surface area contributed by atoms with Crippen LogP contribution in [-0.2, 0) is 0 Å². The van der Waals surface area contributed by atoms with Crippen molar-refractivity contribution in [3.05, 3.63) is 51.5 Å². The number of fused-ring (bicyclic) bond motifs is 1. The highest BCUT2D eigenvalue weighted by molar-refractivity contribution is 9.10. The van der Waals surface area contributed by atoms with Gasteiger partial charge in [-0.2, -0.15) is 0 Å². The Bertz CT molecular complexity index is 866. The lowest BCUT2D eigenvalue weighted by Gasteiger charge is -2.01. The molecule has 1 N–H and O–H groups in total. The minimum Gasteiger partial charge on any atom is -0.495 e. The molecule has 0 unspecified atom stereocenters. The fraction of sp³-hybridized carbons (Fsp3) is 0.0667. The average molecular weight is 398 g/mol. The molecule has 22 heavy (non-hydrogen) atoms. The number of aromatic nitrogens is 1. The maximum atomic E-state index is 12.2.